The van der Waals surface area contributed by atoms with Crippen molar-refractivity contribution >= 4 is 15.9 Å². The summed E-state index contributed by atoms with van der Waals surface area (Å²) in [6.07, 6.45) is 3.87. The monoisotopic (exact) mass is 277 g/mol. The van der Waals surface area contributed by atoms with Crippen molar-refractivity contribution in [3.8, 4) is 0 Å². The van der Waals surface area contributed by atoms with Gasteiger partial charge in [0.1, 0.15) is 0 Å². The van der Waals surface area contributed by atoms with Crippen LogP contribution >= 0.6 is 15.9 Å². The third kappa shape index (κ3) is 3.16. The van der Waals surface area contributed by atoms with E-state index in [4.69, 9.17) is 0 Å². The molecule has 1 aromatic heterocycles. The molecule has 0 aliphatic rings. The molecule has 0 aliphatic heterocycles. The van der Waals surface area contributed by atoms with E-state index in [0.29, 0.717) is 0 Å². The third-order valence-corrected chi connectivity index (χ3v) is 1.93. The lowest BCUT2D eigenvalue weighted by Crippen LogP contribution is -3.00. The number of pyridine rings is 1. The minimum absolute atomic E-state index is 0. The van der Waals surface area contributed by atoms with Crippen LogP contribution in [0.3, 0.4) is 0 Å². The van der Waals surface area contributed by atoms with Gasteiger partial charge in [0.2, 0.25) is 4.60 Å². The number of allylic oxidation sites excluding steroid dienone is 1. The molecule has 1 nitrogen and oxygen atoms in total. The molecule has 1 aromatic rings. The van der Waals surface area contributed by atoms with Gasteiger partial charge in [-0.3, -0.25) is 0 Å². The molecule has 0 saturated carbocycles. The molecule has 60 valence electrons. The van der Waals surface area contributed by atoms with Crippen LogP contribution < -0.4 is 21.5 Å². The van der Waals surface area contributed by atoms with Crippen molar-refractivity contribution in [2.75, 3.05) is 0 Å². The Hall–Kier alpha value is -0.150. The first-order valence-electron chi connectivity index (χ1n) is 3.09. The zero-order valence-corrected chi connectivity index (χ0v) is 9.18. The average Bonchev–Trinajstić information content (AvgIpc) is 1.94. The highest BCUT2D eigenvalue weighted by molar-refractivity contribution is 9.10. The summed E-state index contributed by atoms with van der Waals surface area (Å²) < 4.78 is 3.14. The Kier molecular flexibility index (Phi) is 5.42. The molecule has 0 aromatic carbocycles. The molecule has 0 amide bonds. The van der Waals surface area contributed by atoms with Crippen LogP contribution in [0.2, 0.25) is 0 Å². The Morgan fingerprint density at radius 2 is 2.27 bits per heavy atom. The topological polar surface area (TPSA) is 3.88 Å². The summed E-state index contributed by atoms with van der Waals surface area (Å²) in [5.41, 5.74) is 0. The molecule has 1 heterocycles. The van der Waals surface area contributed by atoms with Crippen LogP contribution in [0, 0.1) is 0 Å². The second kappa shape index (κ2) is 5.49. The van der Waals surface area contributed by atoms with E-state index < -0.39 is 0 Å². The molecule has 1 rings (SSSR count). The lowest BCUT2D eigenvalue weighted by atomic mass is 10.5. The van der Waals surface area contributed by atoms with Crippen LogP contribution in [0.4, 0.5) is 0 Å². The first-order chi connectivity index (χ1) is 4.84. The van der Waals surface area contributed by atoms with Gasteiger partial charge < -0.3 is 17.0 Å². The average molecular weight is 279 g/mol. The molecular weight excluding hydrogens is 270 g/mol. The fourth-order valence-electron chi connectivity index (χ4n) is 0.743. The van der Waals surface area contributed by atoms with Crippen molar-refractivity contribution in [2.24, 2.45) is 0 Å². The first-order valence-corrected chi connectivity index (χ1v) is 3.89. The van der Waals surface area contributed by atoms with Gasteiger partial charge in [0, 0.05) is 28.1 Å². The van der Waals surface area contributed by atoms with E-state index in [1.54, 1.807) is 0 Å². The fraction of sp³-hybridized carbons (Fsp3) is 0.125. The number of hydrogen-bond donors (Lipinski definition) is 0. The summed E-state index contributed by atoms with van der Waals surface area (Å²) in [6, 6.07) is 5.99. The highest BCUT2D eigenvalue weighted by Gasteiger charge is 2.00. The van der Waals surface area contributed by atoms with Gasteiger partial charge >= 0.3 is 0 Å². The van der Waals surface area contributed by atoms with Crippen LogP contribution in [-0.4, -0.2) is 0 Å². The molecule has 0 aliphatic carbocycles. The van der Waals surface area contributed by atoms with Gasteiger partial charge in [-0.2, -0.15) is 4.57 Å². The van der Waals surface area contributed by atoms with Crippen molar-refractivity contribution in [1.29, 1.82) is 0 Å². The summed E-state index contributed by atoms with van der Waals surface area (Å²) in [6.45, 7) is 4.50. The Labute approximate surface area is 85.6 Å². The molecule has 0 atom stereocenters. The van der Waals surface area contributed by atoms with Crippen molar-refractivity contribution in [2.45, 2.75) is 6.54 Å². The SMILES string of the molecule is C=CC[n+]1ccccc1Br.[Br-]. The predicted molar refractivity (Wildman–Crippen MR) is 44.5 cm³/mol. The summed E-state index contributed by atoms with van der Waals surface area (Å²) in [5.74, 6) is 0. The summed E-state index contributed by atoms with van der Waals surface area (Å²) in [7, 11) is 0. The van der Waals surface area contributed by atoms with E-state index in [9.17, 15) is 0 Å². The maximum atomic E-state index is 3.66. The van der Waals surface area contributed by atoms with E-state index in [0.717, 1.165) is 11.1 Å². The van der Waals surface area contributed by atoms with Crippen molar-refractivity contribution in [3.63, 3.8) is 0 Å². The van der Waals surface area contributed by atoms with E-state index >= 15 is 0 Å². The van der Waals surface area contributed by atoms with E-state index in [-0.39, 0.29) is 17.0 Å². The highest BCUT2D eigenvalue weighted by atomic mass is 79.9. The highest BCUT2D eigenvalue weighted by Crippen LogP contribution is 1.99. The second-order valence-electron chi connectivity index (χ2n) is 1.96. The number of hydrogen-bond acceptors (Lipinski definition) is 0. The lowest BCUT2D eigenvalue weighted by molar-refractivity contribution is -0.697. The molecule has 0 spiro atoms. The molecule has 0 fully saturated rings. The Balaban J connectivity index is 0.000001000. The third-order valence-electron chi connectivity index (χ3n) is 1.21. The zero-order valence-electron chi connectivity index (χ0n) is 6.00. The molecule has 0 N–H and O–H groups in total. The van der Waals surface area contributed by atoms with Gasteiger partial charge in [0.05, 0.1) is 0 Å². The number of rotatable bonds is 2. The van der Waals surface area contributed by atoms with E-state index in [1.807, 2.05) is 30.5 Å². The predicted octanol–water partition coefficient (Wildman–Crippen LogP) is -1.07. The van der Waals surface area contributed by atoms with Crippen LogP contribution in [-0.2, 0) is 6.54 Å². The van der Waals surface area contributed by atoms with Gasteiger partial charge in [-0.15, -0.1) is 0 Å². The molecule has 11 heavy (non-hydrogen) atoms. The van der Waals surface area contributed by atoms with Crippen molar-refractivity contribution < 1.29 is 21.5 Å². The molecule has 0 unspecified atom stereocenters. The van der Waals surface area contributed by atoms with Crippen LogP contribution in [0.25, 0.3) is 0 Å². The minimum Gasteiger partial charge on any atom is -1.00 e. The molecule has 0 radical (unpaired) electrons. The summed E-state index contributed by atoms with van der Waals surface area (Å²) in [5, 5.41) is 0. The Bertz CT molecular complexity index is 235. The van der Waals surface area contributed by atoms with Gasteiger partial charge in [0.15, 0.2) is 12.7 Å². The van der Waals surface area contributed by atoms with Gasteiger partial charge in [0.25, 0.3) is 0 Å². The fourth-order valence-corrected chi connectivity index (χ4v) is 1.16. The number of aromatic nitrogens is 1. The summed E-state index contributed by atoms with van der Waals surface area (Å²) in [4.78, 5) is 0. The van der Waals surface area contributed by atoms with Crippen molar-refractivity contribution in [1.82, 2.24) is 0 Å². The maximum absolute atomic E-state index is 3.66. The van der Waals surface area contributed by atoms with Crippen molar-refractivity contribution in [3.05, 3.63) is 41.7 Å². The largest absolute Gasteiger partial charge is 1.00 e. The Morgan fingerprint density at radius 3 is 2.82 bits per heavy atom. The quantitative estimate of drug-likeness (QED) is 0.368. The smallest absolute Gasteiger partial charge is 0.248 e. The van der Waals surface area contributed by atoms with E-state index in [1.165, 1.54) is 0 Å². The normalized spacial score (nSPS) is 8.45. The maximum Gasteiger partial charge on any atom is 0.248 e. The first kappa shape index (κ1) is 10.8. The van der Waals surface area contributed by atoms with E-state index in [2.05, 4.69) is 27.1 Å². The number of nitrogens with zero attached hydrogens (tertiary/aromatic N) is 1. The Morgan fingerprint density at radius 1 is 1.55 bits per heavy atom. The zero-order chi connectivity index (χ0) is 7.40. The summed E-state index contributed by atoms with van der Waals surface area (Å²) >= 11 is 3.41. The van der Waals surface area contributed by atoms with Gasteiger partial charge in [-0.25, -0.2) is 0 Å². The lowest BCUT2D eigenvalue weighted by Gasteiger charge is -1.91. The minimum atomic E-state index is 0. The van der Waals surface area contributed by atoms with Crippen LogP contribution in [0.5, 0.6) is 0 Å². The molecule has 0 saturated heterocycles. The second-order valence-corrected chi connectivity index (χ2v) is 2.78. The molecule has 0 bridgehead atoms. The molecule has 3 heteroatoms. The van der Waals surface area contributed by atoms with Crippen LogP contribution in [0.15, 0.2) is 41.7 Å². The van der Waals surface area contributed by atoms with Crippen LogP contribution in [0.1, 0.15) is 0 Å². The molecular formula is C8H9Br2N. The van der Waals surface area contributed by atoms with Gasteiger partial charge in [-0.1, -0.05) is 6.58 Å². The number of halogens is 2. The van der Waals surface area contributed by atoms with Gasteiger partial charge in [-0.05, 0) is 12.1 Å². The standard InChI is InChI=1S/C8H9BrN.BrH/c1-2-6-10-7-4-3-5-8(10)9;/h2-5,7H,1,6H2;1H/q+1;/p-1.